The van der Waals surface area contributed by atoms with E-state index in [1.165, 1.54) is 12.1 Å². The Balaban J connectivity index is 2.20. The first-order valence-corrected chi connectivity index (χ1v) is 5.09. The number of hydrogen-bond donors (Lipinski definition) is 2. The van der Waals surface area contributed by atoms with Crippen LogP contribution in [0.4, 0.5) is 10.2 Å². The number of aromatic amines is 1. The molecule has 1 aromatic carbocycles. The van der Waals surface area contributed by atoms with Gasteiger partial charge in [0, 0.05) is 11.8 Å². The van der Waals surface area contributed by atoms with E-state index in [-0.39, 0.29) is 5.82 Å². The molecule has 4 nitrogen and oxygen atoms in total. The molecule has 0 fully saturated rings. The number of nitrogens with zero attached hydrogens (tertiary/aromatic N) is 2. The predicted octanol–water partition coefficient (Wildman–Crippen LogP) is 2.35. The monoisotopic (exact) mass is 228 g/mol. The van der Waals surface area contributed by atoms with Gasteiger partial charge < -0.3 is 5.73 Å². The number of pyridine rings is 1. The van der Waals surface area contributed by atoms with E-state index < -0.39 is 0 Å². The molecule has 0 unspecified atom stereocenters. The average molecular weight is 228 g/mol. The van der Waals surface area contributed by atoms with Gasteiger partial charge in [0.25, 0.3) is 0 Å². The molecule has 0 amide bonds. The fourth-order valence-electron chi connectivity index (χ4n) is 1.74. The van der Waals surface area contributed by atoms with E-state index in [1.807, 2.05) is 12.1 Å². The van der Waals surface area contributed by atoms with Crippen LogP contribution in [0.5, 0.6) is 0 Å². The zero-order chi connectivity index (χ0) is 11.8. The first-order chi connectivity index (χ1) is 8.24. The number of anilines is 1. The molecule has 0 bridgehead atoms. The lowest BCUT2D eigenvalue weighted by molar-refractivity contribution is 0.628. The van der Waals surface area contributed by atoms with Crippen molar-refractivity contribution in [3.05, 3.63) is 42.3 Å². The van der Waals surface area contributed by atoms with Crippen molar-refractivity contribution in [1.82, 2.24) is 15.2 Å². The van der Waals surface area contributed by atoms with Gasteiger partial charge in [0.05, 0.1) is 5.39 Å². The molecule has 2 aromatic heterocycles. The van der Waals surface area contributed by atoms with Crippen LogP contribution in [0.1, 0.15) is 0 Å². The topological polar surface area (TPSA) is 67.6 Å². The largest absolute Gasteiger partial charge is 0.384 e. The number of benzene rings is 1. The zero-order valence-electron chi connectivity index (χ0n) is 8.81. The number of fused-ring (bicyclic) bond motifs is 1. The standard InChI is InChI=1S/C12H9FN4/c13-9-3-1-2-7(4-9)8-5-10-11(14)16-17-12(10)15-6-8/h1-6H,(H3,14,15,16,17). The third-order valence-corrected chi connectivity index (χ3v) is 2.60. The Bertz CT molecular complexity index is 690. The van der Waals surface area contributed by atoms with Gasteiger partial charge in [0.1, 0.15) is 11.6 Å². The van der Waals surface area contributed by atoms with Gasteiger partial charge in [0.2, 0.25) is 0 Å². The van der Waals surface area contributed by atoms with E-state index in [9.17, 15) is 4.39 Å². The Hall–Kier alpha value is -2.43. The quantitative estimate of drug-likeness (QED) is 0.671. The second-order valence-corrected chi connectivity index (χ2v) is 3.74. The van der Waals surface area contributed by atoms with Crippen LogP contribution < -0.4 is 5.73 Å². The van der Waals surface area contributed by atoms with Crippen LogP contribution >= 0.6 is 0 Å². The van der Waals surface area contributed by atoms with Crippen LogP contribution in [0, 0.1) is 5.82 Å². The number of nitrogens with two attached hydrogens (primary N) is 1. The number of nitrogens with one attached hydrogen (secondary N) is 1. The Labute approximate surface area is 96.3 Å². The number of hydrogen-bond acceptors (Lipinski definition) is 3. The molecule has 3 aromatic rings. The first kappa shape index (κ1) is 9.77. The molecule has 0 aliphatic heterocycles. The van der Waals surface area contributed by atoms with E-state index in [1.54, 1.807) is 12.3 Å². The smallest absolute Gasteiger partial charge is 0.183 e. The lowest BCUT2D eigenvalue weighted by atomic mass is 10.1. The van der Waals surface area contributed by atoms with Crippen molar-refractivity contribution < 1.29 is 4.39 Å². The van der Waals surface area contributed by atoms with Gasteiger partial charge in [-0.15, -0.1) is 0 Å². The van der Waals surface area contributed by atoms with Crippen molar-refractivity contribution in [2.45, 2.75) is 0 Å². The molecule has 0 aliphatic carbocycles. The summed E-state index contributed by atoms with van der Waals surface area (Å²) in [5.74, 6) is 0.188. The lowest BCUT2D eigenvalue weighted by Crippen LogP contribution is -1.86. The molecule has 0 radical (unpaired) electrons. The Morgan fingerprint density at radius 1 is 1.18 bits per heavy atom. The van der Waals surface area contributed by atoms with Gasteiger partial charge in [-0.2, -0.15) is 5.10 Å². The maximum Gasteiger partial charge on any atom is 0.183 e. The molecule has 3 rings (SSSR count). The second-order valence-electron chi connectivity index (χ2n) is 3.74. The van der Waals surface area contributed by atoms with Crippen molar-refractivity contribution in [3.8, 4) is 11.1 Å². The zero-order valence-corrected chi connectivity index (χ0v) is 8.81. The van der Waals surface area contributed by atoms with Crippen molar-refractivity contribution in [3.63, 3.8) is 0 Å². The molecule has 3 N–H and O–H groups in total. The summed E-state index contributed by atoms with van der Waals surface area (Å²) in [5, 5.41) is 7.34. The van der Waals surface area contributed by atoms with Gasteiger partial charge in [0.15, 0.2) is 5.65 Å². The first-order valence-electron chi connectivity index (χ1n) is 5.09. The normalized spacial score (nSPS) is 10.9. The van der Waals surface area contributed by atoms with E-state index in [0.717, 1.165) is 16.5 Å². The molecular weight excluding hydrogens is 219 g/mol. The minimum atomic E-state index is -0.275. The predicted molar refractivity (Wildman–Crippen MR) is 63.7 cm³/mol. The number of aromatic nitrogens is 3. The van der Waals surface area contributed by atoms with Crippen molar-refractivity contribution >= 4 is 16.9 Å². The van der Waals surface area contributed by atoms with E-state index in [0.29, 0.717) is 11.5 Å². The maximum absolute atomic E-state index is 13.1. The fourth-order valence-corrected chi connectivity index (χ4v) is 1.74. The number of halogens is 1. The SMILES string of the molecule is Nc1[nH]nc2ncc(-c3cccc(F)c3)cc12. The third kappa shape index (κ3) is 1.61. The van der Waals surface area contributed by atoms with Gasteiger partial charge in [-0.25, -0.2) is 9.37 Å². The van der Waals surface area contributed by atoms with Crippen LogP contribution in [-0.4, -0.2) is 15.2 Å². The highest BCUT2D eigenvalue weighted by atomic mass is 19.1. The average Bonchev–Trinajstić information content (AvgIpc) is 2.71. The number of H-pyrrole nitrogens is 1. The Morgan fingerprint density at radius 3 is 2.88 bits per heavy atom. The summed E-state index contributed by atoms with van der Waals surface area (Å²) < 4.78 is 13.1. The summed E-state index contributed by atoms with van der Waals surface area (Å²) in [5.41, 5.74) is 7.85. The molecule has 2 heterocycles. The third-order valence-electron chi connectivity index (χ3n) is 2.60. The highest BCUT2D eigenvalue weighted by Crippen LogP contribution is 2.24. The van der Waals surface area contributed by atoms with Gasteiger partial charge in [-0.05, 0) is 23.8 Å². The lowest BCUT2D eigenvalue weighted by Gasteiger charge is -2.01. The summed E-state index contributed by atoms with van der Waals surface area (Å²) in [7, 11) is 0. The number of rotatable bonds is 1. The highest BCUT2D eigenvalue weighted by molar-refractivity contribution is 5.89. The minimum Gasteiger partial charge on any atom is -0.384 e. The molecule has 0 spiro atoms. The van der Waals surface area contributed by atoms with Crippen molar-refractivity contribution in [2.75, 3.05) is 5.73 Å². The van der Waals surface area contributed by atoms with Gasteiger partial charge >= 0.3 is 0 Å². The molecule has 17 heavy (non-hydrogen) atoms. The van der Waals surface area contributed by atoms with Crippen LogP contribution in [0.2, 0.25) is 0 Å². The molecular formula is C12H9FN4. The maximum atomic E-state index is 13.1. The van der Waals surface area contributed by atoms with Gasteiger partial charge in [-0.3, -0.25) is 5.10 Å². The fraction of sp³-hybridized carbons (Fsp3) is 0. The number of nitrogen functional groups attached to an aromatic ring is 1. The summed E-state index contributed by atoms with van der Waals surface area (Å²) in [6, 6.07) is 8.19. The van der Waals surface area contributed by atoms with Crippen molar-refractivity contribution in [2.24, 2.45) is 0 Å². The Kier molecular flexibility index (Phi) is 2.04. The van der Waals surface area contributed by atoms with Crippen LogP contribution in [0.15, 0.2) is 36.5 Å². The molecule has 0 atom stereocenters. The molecule has 84 valence electrons. The van der Waals surface area contributed by atoms with E-state index in [4.69, 9.17) is 5.73 Å². The molecule has 0 saturated carbocycles. The highest BCUT2D eigenvalue weighted by Gasteiger charge is 2.06. The van der Waals surface area contributed by atoms with E-state index >= 15 is 0 Å². The van der Waals surface area contributed by atoms with Gasteiger partial charge in [-0.1, -0.05) is 12.1 Å². The Morgan fingerprint density at radius 2 is 2.06 bits per heavy atom. The van der Waals surface area contributed by atoms with Crippen LogP contribution in [0.25, 0.3) is 22.2 Å². The van der Waals surface area contributed by atoms with E-state index in [2.05, 4.69) is 15.2 Å². The van der Waals surface area contributed by atoms with Crippen LogP contribution in [0.3, 0.4) is 0 Å². The summed E-state index contributed by atoms with van der Waals surface area (Å²) in [4.78, 5) is 4.16. The minimum absolute atomic E-state index is 0.275. The summed E-state index contributed by atoms with van der Waals surface area (Å²) in [6.45, 7) is 0. The van der Waals surface area contributed by atoms with Crippen LogP contribution in [-0.2, 0) is 0 Å². The second kappa shape index (κ2) is 3.55. The summed E-state index contributed by atoms with van der Waals surface area (Å²) >= 11 is 0. The molecule has 0 saturated heterocycles. The molecule has 5 heteroatoms. The van der Waals surface area contributed by atoms with Crippen molar-refractivity contribution in [1.29, 1.82) is 0 Å². The summed E-state index contributed by atoms with van der Waals surface area (Å²) in [6.07, 6.45) is 1.65. The molecule has 0 aliphatic rings.